The molecule has 0 unspecified atom stereocenters. The summed E-state index contributed by atoms with van der Waals surface area (Å²) in [6.45, 7) is 3.99. The molecule has 0 aliphatic rings. The molecule has 2 aromatic carbocycles. The molecule has 1 amide bonds. The normalized spacial score (nSPS) is 11.2. The summed E-state index contributed by atoms with van der Waals surface area (Å²) in [6, 6.07) is 23.3. The van der Waals surface area contributed by atoms with E-state index in [4.69, 9.17) is 4.74 Å². The average Bonchev–Trinajstić information content (AvgIpc) is 3.38. The van der Waals surface area contributed by atoms with Gasteiger partial charge in [0.15, 0.2) is 0 Å². The monoisotopic (exact) mass is 452 g/mol. The van der Waals surface area contributed by atoms with E-state index in [1.807, 2.05) is 65.1 Å². The van der Waals surface area contributed by atoms with Crippen LogP contribution < -0.4 is 10.1 Å². The third kappa shape index (κ3) is 3.63. The number of anilines is 1. The number of carboxylic acid groups (broad SMARTS) is 1. The first-order chi connectivity index (χ1) is 16.5. The Morgan fingerprint density at radius 2 is 1.71 bits per heavy atom. The number of aryl methyl sites for hydroxylation is 1. The standard InChI is InChI=1S/C28H24N2O4/c1-3-21-24-14-13-23(29-17(2)31)27-22(28(32)33)15-25(30(24)27)26(21)19-9-11-20(12-10-19)34-16-18-7-5-4-6-8-18/h4-15H,3,16H2,1-2H3,(H,29,31)(H,32,33). The fourth-order valence-electron chi connectivity index (χ4n) is 4.64. The second kappa shape index (κ2) is 8.56. The molecule has 0 spiro atoms. The van der Waals surface area contributed by atoms with Gasteiger partial charge in [-0.25, -0.2) is 4.79 Å². The highest BCUT2D eigenvalue weighted by Gasteiger charge is 2.25. The van der Waals surface area contributed by atoms with Gasteiger partial charge in [-0.15, -0.1) is 0 Å². The van der Waals surface area contributed by atoms with Crippen molar-refractivity contribution in [1.82, 2.24) is 4.40 Å². The molecule has 0 radical (unpaired) electrons. The van der Waals surface area contributed by atoms with Crippen molar-refractivity contribution in [2.45, 2.75) is 26.9 Å². The van der Waals surface area contributed by atoms with Gasteiger partial charge in [-0.3, -0.25) is 4.79 Å². The number of nitrogens with one attached hydrogen (secondary N) is 1. The molecular formula is C28H24N2O4. The molecular weight excluding hydrogens is 428 g/mol. The minimum absolute atomic E-state index is 0.163. The minimum Gasteiger partial charge on any atom is -0.489 e. The van der Waals surface area contributed by atoms with Gasteiger partial charge in [0.1, 0.15) is 12.4 Å². The highest BCUT2D eigenvalue weighted by Crippen LogP contribution is 2.41. The number of hydrogen-bond donors (Lipinski definition) is 2. The lowest BCUT2D eigenvalue weighted by Crippen LogP contribution is -2.08. The summed E-state index contributed by atoms with van der Waals surface area (Å²) < 4.78 is 7.88. The van der Waals surface area contributed by atoms with Gasteiger partial charge in [0, 0.05) is 12.5 Å². The number of aromatic carboxylic acids is 1. The molecule has 6 nitrogen and oxygen atoms in total. The first-order valence-electron chi connectivity index (χ1n) is 11.2. The number of aromatic nitrogens is 1. The van der Waals surface area contributed by atoms with Gasteiger partial charge < -0.3 is 19.6 Å². The smallest absolute Gasteiger partial charge is 0.337 e. The SMILES string of the molecule is CCc1c(-c2ccc(OCc3ccccc3)cc2)c2cc(C(=O)O)c3c(NC(C)=O)ccc1n23. The van der Waals surface area contributed by atoms with Crippen LogP contribution in [0, 0.1) is 0 Å². The molecule has 6 heteroatoms. The van der Waals surface area contributed by atoms with E-state index in [0.717, 1.165) is 45.5 Å². The number of nitrogens with zero attached hydrogens (tertiary/aromatic N) is 1. The molecule has 34 heavy (non-hydrogen) atoms. The number of carbonyl (C=O) groups is 2. The summed E-state index contributed by atoms with van der Waals surface area (Å²) in [4.78, 5) is 23.8. The van der Waals surface area contributed by atoms with E-state index < -0.39 is 5.97 Å². The van der Waals surface area contributed by atoms with Gasteiger partial charge in [0.2, 0.25) is 5.91 Å². The van der Waals surface area contributed by atoms with E-state index in [1.165, 1.54) is 6.92 Å². The lowest BCUT2D eigenvalue weighted by atomic mass is 9.99. The predicted octanol–water partition coefficient (Wildman–Crippen LogP) is 6.00. The molecule has 5 rings (SSSR count). The summed E-state index contributed by atoms with van der Waals surface area (Å²) in [7, 11) is 0. The van der Waals surface area contributed by atoms with E-state index in [1.54, 1.807) is 12.1 Å². The first-order valence-corrected chi connectivity index (χ1v) is 11.2. The van der Waals surface area contributed by atoms with Crippen LogP contribution in [0.5, 0.6) is 5.75 Å². The number of carboxylic acids is 1. The zero-order valence-corrected chi connectivity index (χ0v) is 19.0. The lowest BCUT2D eigenvalue weighted by Gasteiger charge is -2.09. The van der Waals surface area contributed by atoms with Crippen molar-refractivity contribution < 1.29 is 19.4 Å². The van der Waals surface area contributed by atoms with E-state index in [9.17, 15) is 14.7 Å². The maximum atomic E-state index is 12.1. The van der Waals surface area contributed by atoms with Gasteiger partial charge in [-0.05, 0) is 53.4 Å². The molecule has 0 aliphatic carbocycles. The van der Waals surface area contributed by atoms with E-state index >= 15 is 0 Å². The molecule has 0 bridgehead atoms. The summed E-state index contributed by atoms with van der Waals surface area (Å²) in [5.41, 5.74) is 7.10. The third-order valence-corrected chi connectivity index (χ3v) is 6.06. The average molecular weight is 453 g/mol. The molecule has 0 fully saturated rings. The maximum absolute atomic E-state index is 12.1. The first kappa shape index (κ1) is 21.5. The molecule has 0 aliphatic heterocycles. The van der Waals surface area contributed by atoms with Crippen LogP contribution in [0.1, 0.15) is 35.3 Å². The fourth-order valence-corrected chi connectivity index (χ4v) is 4.64. The van der Waals surface area contributed by atoms with Gasteiger partial charge in [-0.2, -0.15) is 0 Å². The molecule has 3 aromatic heterocycles. The summed E-state index contributed by atoms with van der Waals surface area (Å²) in [5, 5.41) is 12.7. The fraction of sp³-hybridized carbons (Fsp3) is 0.143. The Hall–Kier alpha value is -4.32. The number of amides is 1. The van der Waals surface area contributed by atoms with Crippen molar-refractivity contribution >= 4 is 34.1 Å². The Morgan fingerprint density at radius 3 is 2.35 bits per heavy atom. The predicted molar refractivity (Wildman–Crippen MR) is 133 cm³/mol. The van der Waals surface area contributed by atoms with E-state index in [2.05, 4.69) is 12.2 Å². The van der Waals surface area contributed by atoms with Crippen LogP contribution in [0.2, 0.25) is 0 Å². The summed E-state index contributed by atoms with van der Waals surface area (Å²) >= 11 is 0. The van der Waals surface area contributed by atoms with Crippen LogP contribution >= 0.6 is 0 Å². The number of hydrogen-bond acceptors (Lipinski definition) is 3. The molecule has 2 N–H and O–H groups in total. The number of rotatable bonds is 7. The molecule has 170 valence electrons. The Labute approximate surface area is 196 Å². The zero-order chi connectivity index (χ0) is 23.8. The van der Waals surface area contributed by atoms with E-state index in [-0.39, 0.29) is 11.5 Å². The van der Waals surface area contributed by atoms with Crippen LogP contribution in [0.3, 0.4) is 0 Å². The summed E-state index contributed by atoms with van der Waals surface area (Å²) in [6.07, 6.45) is 0.778. The molecule has 0 saturated heterocycles. The van der Waals surface area contributed by atoms with Crippen molar-refractivity contribution in [3.63, 3.8) is 0 Å². The largest absolute Gasteiger partial charge is 0.489 e. The van der Waals surface area contributed by atoms with Crippen molar-refractivity contribution in [2.24, 2.45) is 0 Å². The highest BCUT2D eigenvalue weighted by molar-refractivity contribution is 6.10. The van der Waals surface area contributed by atoms with Crippen LogP contribution in [0.25, 0.3) is 27.7 Å². The quantitative estimate of drug-likeness (QED) is 0.318. The summed E-state index contributed by atoms with van der Waals surface area (Å²) in [5.74, 6) is -0.513. The number of pyridine rings is 1. The molecule has 3 heterocycles. The van der Waals surface area contributed by atoms with Gasteiger partial charge >= 0.3 is 5.97 Å². The maximum Gasteiger partial charge on any atom is 0.337 e. The van der Waals surface area contributed by atoms with Crippen molar-refractivity contribution in [1.29, 1.82) is 0 Å². The number of ether oxygens (including phenoxy) is 1. The molecule has 0 atom stereocenters. The van der Waals surface area contributed by atoms with Gasteiger partial charge in [0.25, 0.3) is 0 Å². The van der Waals surface area contributed by atoms with Crippen molar-refractivity contribution in [3.8, 4) is 16.9 Å². The Bertz CT molecular complexity index is 1500. The molecule has 0 saturated carbocycles. The second-order valence-electron chi connectivity index (χ2n) is 8.25. The third-order valence-electron chi connectivity index (χ3n) is 6.06. The lowest BCUT2D eigenvalue weighted by molar-refractivity contribution is -0.114. The van der Waals surface area contributed by atoms with Crippen molar-refractivity contribution in [2.75, 3.05) is 5.32 Å². The zero-order valence-electron chi connectivity index (χ0n) is 19.0. The Morgan fingerprint density at radius 1 is 0.971 bits per heavy atom. The Kier molecular flexibility index (Phi) is 5.42. The van der Waals surface area contributed by atoms with Crippen LogP contribution in [-0.2, 0) is 17.8 Å². The second-order valence-corrected chi connectivity index (χ2v) is 8.25. The van der Waals surface area contributed by atoms with Crippen LogP contribution in [-0.4, -0.2) is 21.4 Å². The van der Waals surface area contributed by atoms with Crippen molar-refractivity contribution in [3.05, 3.63) is 89.5 Å². The van der Waals surface area contributed by atoms with Gasteiger partial charge in [0.05, 0.1) is 27.8 Å². The number of carbonyl (C=O) groups excluding carboxylic acids is 1. The highest BCUT2D eigenvalue weighted by atomic mass is 16.5. The van der Waals surface area contributed by atoms with Gasteiger partial charge in [-0.1, -0.05) is 49.4 Å². The van der Waals surface area contributed by atoms with E-state index in [0.29, 0.717) is 17.8 Å². The topological polar surface area (TPSA) is 80.0 Å². The molecule has 5 aromatic rings. The Balaban J connectivity index is 1.60. The van der Waals surface area contributed by atoms with Crippen LogP contribution in [0.4, 0.5) is 5.69 Å². The minimum atomic E-state index is -1.03. The van der Waals surface area contributed by atoms with Crippen LogP contribution in [0.15, 0.2) is 72.8 Å². The number of benzene rings is 2.